The van der Waals surface area contributed by atoms with Gasteiger partial charge in [0.15, 0.2) is 0 Å². The van der Waals surface area contributed by atoms with Crippen LogP contribution in [-0.2, 0) is 21.7 Å². The average molecular weight is 8020 g/mol. The molecule has 1 N–H and O–H groups in total. The second-order valence-corrected chi connectivity index (χ2v) is 1310. The van der Waals surface area contributed by atoms with E-state index in [1.165, 1.54) is 113 Å². The van der Waals surface area contributed by atoms with Crippen LogP contribution >= 0.6 is 738 Å². The number of fused-ring (bicyclic) bond motifs is 6. The van der Waals surface area contributed by atoms with Crippen molar-refractivity contribution in [3.05, 3.63) is 234 Å². The zero-order valence-corrected chi connectivity index (χ0v) is 188. The molecule has 782 valence electrons. The van der Waals surface area contributed by atoms with Crippen molar-refractivity contribution in [3.63, 3.8) is 0 Å². The molecule has 0 amide bonds. The molecule has 4 aliphatic rings. The molecule has 2 saturated carbocycles. The molecular formula is C72H81ClI55N4-. The number of para-hydroxylation sites is 6. The van der Waals surface area contributed by atoms with Gasteiger partial charge < -0.3 is 20.0 Å². The number of benzene rings is 8. The van der Waals surface area contributed by atoms with E-state index in [4.69, 9.17) is 11.6 Å². The predicted molar refractivity (Wildman–Crippen MR) is 1090 cm³/mol. The van der Waals surface area contributed by atoms with Crippen LogP contribution in [-0.4, -0.2) is 11.1 Å². The molecule has 4 unspecified atom stereocenters. The van der Waals surface area contributed by atoms with Gasteiger partial charge in [-0.05, 0) is 170 Å². The van der Waals surface area contributed by atoms with Gasteiger partial charge in [-0.15, -0.1) is 0 Å². The number of halogens is 56. The van der Waals surface area contributed by atoms with Crippen molar-refractivity contribution in [1.29, 1.82) is 0 Å². The molecule has 2 fully saturated rings. The van der Waals surface area contributed by atoms with Gasteiger partial charge in [0.2, 0.25) is 0 Å². The molecule has 8 aromatic rings. The van der Waals surface area contributed by atoms with Gasteiger partial charge in [0.25, 0.3) is 0 Å². The summed E-state index contributed by atoms with van der Waals surface area (Å²) >= 11 is 99.4. The van der Waals surface area contributed by atoms with Crippen LogP contribution in [0, 0.1) is 0 Å². The number of nitrogens with zero attached hydrogens (tertiary/aromatic N) is 3. The third kappa shape index (κ3) is 42.8. The summed E-state index contributed by atoms with van der Waals surface area (Å²) in [6, 6.07) is 73.9. The van der Waals surface area contributed by atoms with Crippen LogP contribution in [0.4, 0.5) is 51.2 Å². The topological polar surface area (TPSA) is 21.8 Å². The Kier molecular flexibility index (Phi) is 84.1. The van der Waals surface area contributed by atoms with E-state index in [1.807, 2.05) is 60.7 Å². The van der Waals surface area contributed by atoms with Crippen LogP contribution in [0.5, 0.6) is 0 Å². The molecule has 4 nitrogen and oxygen atoms in total. The summed E-state index contributed by atoms with van der Waals surface area (Å²) in [5.41, 5.74) is 17.3. The molecular weight excluding hydrogens is 7940 g/mol. The van der Waals surface area contributed by atoms with Gasteiger partial charge in [0, 0.05) is 67.0 Å². The first kappa shape index (κ1) is 149. The van der Waals surface area contributed by atoms with Crippen molar-refractivity contribution < 1.29 is 13.3 Å². The van der Waals surface area contributed by atoms with E-state index in [2.05, 4.69) is 756 Å². The molecule has 0 saturated heterocycles. The standard InChI is InChI=1S/C36H40N2.C24H30ClN.C12H11N.I55/c1-34(2,3)27-24-30(37(28-16-8-6-9-17-28)29-18-10-7-11-19-29)26-31(25-27)38-33-21-13-12-20-32(33)35(4)22-14-15-23-36(35,38)5;1-22(2,3)17-14-18(25)16-19(15-17)26-21-11-7-6-10-20(21)23(4)12-8-9-13-24(23,26)5;1-3-7-11(8-4-1)13-12-9-5-2-6-10-12;1-29-31(4)33(6)35(8)37(10)39(12)41(14)43(16)45(18)47(20)49(22)51(24)53(26)55(28)54(27)52(25)50(23)48(21)46(19)44(17)42(15)40(13)38(11)36(9)34(7)32(5)30(2)3/h6-13,16-21,24-26H,14-15,22-23H2,1-5H3;6-7,10-11,14-16H,8-9,12-13H2,1-5H3;1-10,13H;/q;;;-1. The molecule has 2 aliphatic carbocycles. The Bertz CT molecular complexity index is 4840. The van der Waals surface area contributed by atoms with Crippen molar-refractivity contribution in [2.45, 2.75) is 153 Å². The molecule has 8 aromatic carbocycles. The van der Waals surface area contributed by atoms with Gasteiger partial charge >= 0.3 is 740 Å². The van der Waals surface area contributed by atoms with Crippen molar-refractivity contribution in [3.8, 4) is 0 Å². The van der Waals surface area contributed by atoms with E-state index in [-0.39, 0.29) is 32.7 Å². The Morgan fingerprint density at radius 2 is 0.561 bits per heavy atom. The normalized spacial score (nSPS) is 20.8. The van der Waals surface area contributed by atoms with Crippen LogP contribution in [0.3, 0.4) is 0 Å². The Balaban J connectivity index is 0.000000217. The molecule has 12 rings (SSSR count). The van der Waals surface area contributed by atoms with Gasteiger partial charge in [0.05, 0.1) is 11.1 Å². The van der Waals surface area contributed by atoms with Gasteiger partial charge in [-0.1, -0.05) is 202 Å². The van der Waals surface area contributed by atoms with Crippen LogP contribution < -0.4 is 33.3 Å². The molecule has 0 spiro atoms. The SMILES string of the molecule is CC(C)(C)c1cc(Cl)cc(N2c3ccccc3C3(C)CCCCC23C)c1.CC(C)(C)c1cc(N(c2ccccc2)c2ccccc2)cc(N2c3ccccc3C3(C)CCCCC23C)c1.I[I-]I(I)I(I)I(I)I(I)I(I)I(I)I(I)I(I)I(I)I(I)I(I)I(I)I(I)I(I)I(I)I(I)I(I)I(I)I(I)I(I)I(I)I(I)I(I)I(I)I(I)I(I)I.c1ccc(Nc2ccccc2)cc1. The van der Waals surface area contributed by atoms with Crippen molar-refractivity contribution in [2.24, 2.45) is 0 Å². The summed E-state index contributed by atoms with van der Waals surface area (Å²) in [6.45, 7) is 23.7. The maximum absolute atomic E-state index is 6.59. The van der Waals surface area contributed by atoms with E-state index >= 15 is 0 Å². The van der Waals surface area contributed by atoms with E-state index in [9.17, 15) is 0 Å². The molecule has 60 heteroatoms. The average Bonchev–Trinajstić information content (AvgIpc) is 1.54. The van der Waals surface area contributed by atoms with Gasteiger partial charge in [-0.25, -0.2) is 0 Å². The quantitative estimate of drug-likeness (QED) is 0.0414. The minimum Gasteiger partial charge on any atom is -0.356 e. The second kappa shape index (κ2) is 74.7. The van der Waals surface area contributed by atoms with E-state index in [1.54, 1.807) is 0 Å². The van der Waals surface area contributed by atoms with Gasteiger partial charge in [0.1, 0.15) is 0 Å². The summed E-state index contributed by atoms with van der Waals surface area (Å²) in [5.74, 6) is 0. The fourth-order valence-electron chi connectivity index (χ4n) is 14.2. The maximum Gasteiger partial charge on any atom is 0.0384 e. The van der Waals surface area contributed by atoms with Crippen molar-refractivity contribution in [2.75, 3.05) is 20.0 Å². The first-order valence-electron chi connectivity index (χ1n) is 36.1. The Morgan fingerprint density at radius 3 is 0.856 bits per heavy atom. The summed E-state index contributed by atoms with van der Waals surface area (Å²) in [4.78, 5) is 7.71. The first-order chi connectivity index (χ1) is 61.9. The number of nitrogens with one attached hydrogen (secondary N) is 1. The Hall–Kier alpha value is 33.4. The van der Waals surface area contributed by atoms with Gasteiger partial charge in [-0.3, -0.25) is 0 Å². The molecule has 132 heavy (non-hydrogen) atoms. The maximum atomic E-state index is 6.59. The minimum absolute atomic E-state index is 0.0137. The van der Waals surface area contributed by atoms with Gasteiger partial charge in [-0.2, -0.15) is 0 Å². The number of rotatable bonds is 33. The fraction of sp³-hybridized carbons (Fsp3) is 0.333. The Morgan fingerprint density at radius 1 is 0.303 bits per heavy atom. The fourth-order valence-corrected chi connectivity index (χ4v) is 10300. The monoisotopic (exact) mass is 8020 g/mol. The van der Waals surface area contributed by atoms with Crippen molar-refractivity contribution in [1.82, 2.24) is 0 Å². The largest absolute Gasteiger partial charge is 0.356 e. The summed E-state index contributed by atoms with van der Waals surface area (Å²) in [5, 5.41) is 4.14. The molecule has 2 aliphatic heterocycles. The molecule has 2 heterocycles. The zero-order valence-electron chi connectivity index (χ0n) is 68.3. The Labute approximate surface area is 1160 Å². The van der Waals surface area contributed by atoms with Crippen LogP contribution in [0.15, 0.2) is 206 Å². The number of anilines is 9. The predicted octanol–water partition coefficient (Wildman–Crippen LogP) is 65.8. The summed E-state index contributed by atoms with van der Waals surface area (Å²) < 4.78 is 0. The van der Waals surface area contributed by atoms with Crippen LogP contribution in [0.1, 0.15) is 143 Å². The smallest absolute Gasteiger partial charge is 0.0384 e. The van der Waals surface area contributed by atoms with Crippen molar-refractivity contribution >= 4 is 789 Å². The van der Waals surface area contributed by atoms with E-state index < -0.39 is 205 Å². The minimum atomic E-state index is -0.589. The zero-order chi connectivity index (χ0) is 97.9. The number of hydrogen-bond donors (Lipinski definition) is 1. The molecule has 4 atom stereocenters. The van der Waals surface area contributed by atoms with Crippen LogP contribution in [0.25, 0.3) is 0 Å². The number of hydrogen-bond acceptors (Lipinski definition) is 4. The van der Waals surface area contributed by atoms with E-state index in [0.717, 1.165) is 16.4 Å². The summed E-state index contributed by atoms with van der Waals surface area (Å²) in [7, 11) is -14.0. The summed E-state index contributed by atoms with van der Waals surface area (Å²) in [6.07, 6.45) is 10.1. The van der Waals surface area contributed by atoms with Crippen LogP contribution in [0.2, 0.25) is 5.02 Å². The molecule has 0 radical (unpaired) electrons. The first-order valence-corrected chi connectivity index (χ1v) is 376. The molecule has 0 bridgehead atoms. The second-order valence-electron chi connectivity index (χ2n) is 29.4. The van der Waals surface area contributed by atoms with E-state index in [0.29, 0.717) is 13.3 Å². The third-order valence-corrected chi connectivity index (χ3v) is 4230. The third-order valence-electron chi connectivity index (χ3n) is 20.3. The molecule has 0 aromatic heterocycles.